The summed E-state index contributed by atoms with van der Waals surface area (Å²) in [4.78, 5) is 16.1. The van der Waals surface area contributed by atoms with Crippen LogP contribution in [-0.4, -0.2) is 24.1 Å². The minimum Gasteiger partial charge on any atom is -0.468 e. The van der Waals surface area contributed by atoms with Gasteiger partial charge in [0.15, 0.2) is 0 Å². The van der Waals surface area contributed by atoms with Gasteiger partial charge in [0.1, 0.15) is 11.9 Å². The summed E-state index contributed by atoms with van der Waals surface area (Å²) < 4.78 is 18.2. The summed E-state index contributed by atoms with van der Waals surface area (Å²) in [6, 6.07) is 8.91. The Morgan fingerprint density at radius 2 is 1.96 bits per heavy atom. The van der Waals surface area contributed by atoms with Gasteiger partial charge in [-0.05, 0) is 30.2 Å². The zero-order chi connectivity index (χ0) is 18.8. The molecule has 0 fully saturated rings. The molecule has 2 aromatic carbocycles. The molecule has 0 aliphatic rings. The number of methoxy groups -OCH3 is 1. The Balaban J connectivity index is 2.17. The Morgan fingerprint density at radius 1 is 1.27 bits per heavy atom. The van der Waals surface area contributed by atoms with Crippen LogP contribution in [-0.2, 0) is 16.0 Å². The normalized spacial score (nSPS) is 12.2. The number of ether oxygens (including phenoxy) is 1. The van der Waals surface area contributed by atoms with Crippen LogP contribution < -0.4 is 5.73 Å². The quantitative estimate of drug-likeness (QED) is 0.668. The van der Waals surface area contributed by atoms with Gasteiger partial charge in [-0.1, -0.05) is 41.4 Å². The van der Waals surface area contributed by atoms with Gasteiger partial charge in [-0.15, -0.1) is 0 Å². The van der Waals surface area contributed by atoms with Crippen LogP contribution in [0.5, 0.6) is 0 Å². The molecule has 0 saturated heterocycles. The fourth-order valence-corrected chi connectivity index (χ4v) is 3.55. The molecule has 0 amide bonds. The highest BCUT2D eigenvalue weighted by Crippen LogP contribution is 2.39. The van der Waals surface area contributed by atoms with Crippen molar-refractivity contribution in [3.8, 4) is 11.1 Å². The summed E-state index contributed by atoms with van der Waals surface area (Å²) in [5.74, 6) is -1.00. The second-order valence-electron chi connectivity index (χ2n) is 5.75. The van der Waals surface area contributed by atoms with Gasteiger partial charge in [0.25, 0.3) is 0 Å². The maximum absolute atomic E-state index is 13.5. The Bertz CT molecular complexity index is 971. The van der Waals surface area contributed by atoms with E-state index in [9.17, 15) is 9.18 Å². The number of nitrogens with zero attached hydrogens (tertiary/aromatic N) is 1. The van der Waals surface area contributed by atoms with E-state index in [-0.39, 0.29) is 10.0 Å². The number of nitrogens with two attached hydrogens (primary N) is 1. The third kappa shape index (κ3) is 3.51. The fraction of sp³-hybridized carbons (Fsp3) is 0.158. The molecule has 0 saturated carbocycles. The van der Waals surface area contributed by atoms with Crippen molar-refractivity contribution in [1.82, 2.24) is 4.98 Å². The molecular formula is C19H15Cl2FN2O2. The van der Waals surface area contributed by atoms with E-state index in [1.165, 1.54) is 19.2 Å². The molecule has 134 valence electrons. The molecule has 3 aromatic rings. The number of halogens is 3. The number of rotatable bonds is 4. The van der Waals surface area contributed by atoms with Crippen molar-refractivity contribution in [2.24, 2.45) is 5.73 Å². The smallest absolute Gasteiger partial charge is 0.322 e. The predicted octanol–water partition coefficient (Wildman–Crippen LogP) is 4.39. The van der Waals surface area contributed by atoms with Crippen molar-refractivity contribution in [2.75, 3.05) is 7.11 Å². The number of fused-ring (bicyclic) bond motifs is 1. The Hall–Kier alpha value is -2.21. The van der Waals surface area contributed by atoms with E-state index in [2.05, 4.69) is 9.72 Å². The minimum absolute atomic E-state index is 0.195. The first-order valence-corrected chi connectivity index (χ1v) is 8.53. The number of aromatic nitrogens is 1. The maximum atomic E-state index is 13.5. The van der Waals surface area contributed by atoms with Crippen LogP contribution in [0, 0.1) is 5.82 Å². The molecule has 1 aromatic heterocycles. The van der Waals surface area contributed by atoms with E-state index in [4.69, 9.17) is 28.9 Å². The van der Waals surface area contributed by atoms with E-state index >= 15 is 0 Å². The number of hydrogen-bond donors (Lipinski definition) is 1. The lowest BCUT2D eigenvalue weighted by molar-refractivity contribution is -0.142. The van der Waals surface area contributed by atoms with Gasteiger partial charge in [-0.3, -0.25) is 9.78 Å². The van der Waals surface area contributed by atoms with Crippen molar-refractivity contribution < 1.29 is 13.9 Å². The van der Waals surface area contributed by atoms with Crippen molar-refractivity contribution in [3.05, 3.63) is 64.0 Å². The van der Waals surface area contributed by atoms with Crippen LogP contribution in [0.25, 0.3) is 22.0 Å². The second kappa shape index (κ2) is 7.58. The van der Waals surface area contributed by atoms with Crippen molar-refractivity contribution in [2.45, 2.75) is 12.5 Å². The molecule has 0 aliphatic carbocycles. The molecule has 3 rings (SSSR count). The lowest BCUT2D eigenvalue weighted by Gasteiger charge is -2.15. The zero-order valence-electron chi connectivity index (χ0n) is 13.8. The van der Waals surface area contributed by atoms with Crippen molar-refractivity contribution >= 4 is 40.1 Å². The van der Waals surface area contributed by atoms with E-state index in [1.807, 2.05) is 12.1 Å². The van der Waals surface area contributed by atoms with Crippen LogP contribution in [0.4, 0.5) is 4.39 Å². The summed E-state index contributed by atoms with van der Waals surface area (Å²) in [6.07, 6.45) is 1.93. The van der Waals surface area contributed by atoms with Crippen molar-refractivity contribution in [3.63, 3.8) is 0 Å². The summed E-state index contributed by atoms with van der Waals surface area (Å²) in [5, 5.41) is 1.20. The first-order chi connectivity index (χ1) is 12.4. The Labute approximate surface area is 159 Å². The lowest BCUT2D eigenvalue weighted by Crippen LogP contribution is -2.33. The summed E-state index contributed by atoms with van der Waals surface area (Å²) in [7, 11) is 1.30. The Kier molecular flexibility index (Phi) is 5.41. The molecule has 2 N–H and O–H groups in total. The van der Waals surface area contributed by atoms with Crippen LogP contribution >= 0.6 is 23.2 Å². The molecule has 0 bridgehead atoms. The molecule has 7 heteroatoms. The molecule has 4 nitrogen and oxygen atoms in total. The second-order valence-corrected chi connectivity index (χ2v) is 6.56. The van der Waals surface area contributed by atoms with Gasteiger partial charge in [0, 0.05) is 22.7 Å². The molecular weight excluding hydrogens is 378 g/mol. The highest BCUT2D eigenvalue weighted by atomic mass is 35.5. The van der Waals surface area contributed by atoms with Gasteiger partial charge >= 0.3 is 5.97 Å². The van der Waals surface area contributed by atoms with Gasteiger partial charge in [0.2, 0.25) is 0 Å². The van der Waals surface area contributed by atoms with E-state index in [1.54, 1.807) is 18.3 Å². The average molecular weight is 393 g/mol. The minimum atomic E-state index is -0.785. The van der Waals surface area contributed by atoms with Crippen molar-refractivity contribution in [1.29, 1.82) is 0 Å². The number of esters is 1. The standard InChI is InChI=1S/C19H15Cl2FN2O2/c1-26-19(25)16(23)7-10-4-5-13(18-12(10)3-2-6-24-18)17-14(20)8-11(22)9-15(17)21/h2-6,8-9,16H,7,23H2,1H3/t16-/m0/s1. The first-order valence-electron chi connectivity index (χ1n) is 7.77. The summed E-state index contributed by atoms with van der Waals surface area (Å²) >= 11 is 12.4. The molecule has 1 atom stereocenters. The lowest BCUT2D eigenvalue weighted by atomic mass is 9.95. The molecule has 26 heavy (non-hydrogen) atoms. The van der Waals surface area contributed by atoms with Crippen LogP contribution in [0.2, 0.25) is 10.0 Å². The molecule has 0 spiro atoms. The average Bonchev–Trinajstić information content (AvgIpc) is 2.61. The van der Waals surface area contributed by atoms with E-state index in [0.29, 0.717) is 23.1 Å². The summed E-state index contributed by atoms with van der Waals surface area (Å²) in [5.41, 5.74) is 8.53. The number of carbonyl (C=O) groups excluding carboxylic acids is 1. The van der Waals surface area contributed by atoms with Crippen LogP contribution in [0.1, 0.15) is 5.56 Å². The fourth-order valence-electron chi connectivity index (χ4n) is 2.88. The summed E-state index contributed by atoms with van der Waals surface area (Å²) in [6.45, 7) is 0. The molecule has 0 radical (unpaired) electrons. The van der Waals surface area contributed by atoms with Crippen LogP contribution in [0.15, 0.2) is 42.6 Å². The maximum Gasteiger partial charge on any atom is 0.322 e. The van der Waals surface area contributed by atoms with E-state index in [0.717, 1.165) is 10.9 Å². The predicted molar refractivity (Wildman–Crippen MR) is 101 cm³/mol. The number of hydrogen-bond acceptors (Lipinski definition) is 4. The third-order valence-corrected chi connectivity index (χ3v) is 4.68. The molecule has 0 aliphatic heterocycles. The number of carbonyl (C=O) groups is 1. The largest absolute Gasteiger partial charge is 0.468 e. The van der Waals surface area contributed by atoms with Crippen LogP contribution in [0.3, 0.4) is 0 Å². The SMILES string of the molecule is COC(=O)[C@@H](N)Cc1ccc(-c2c(Cl)cc(F)cc2Cl)c2ncccc12. The number of benzene rings is 2. The van der Waals surface area contributed by atoms with Gasteiger partial charge < -0.3 is 10.5 Å². The Morgan fingerprint density at radius 3 is 2.62 bits per heavy atom. The van der Waals surface area contributed by atoms with Gasteiger partial charge in [-0.2, -0.15) is 0 Å². The monoisotopic (exact) mass is 392 g/mol. The molecule has 1 heterocycles. The zero-order valence-corrected chi connectivity index (χ0v) is 15.3. The molecule has 0 unspecified atom stereocenters. The van der Waals surface area contributed by atoms with Gasteiger partial charge in [-0.25, -0.2) is 4.39 Å². The third-order valence-electron chi connectivity index (χ3n) is 4.08. The number of pyridine rings is 1. The highest BCUT2D eigenvalue weighted by molar-refractivity contribution is 6.39. The first kappa shape index (κ1) is 18.6. The highest BCUT2D eigenvalue weighted by Gasteiger charge is 2.19. The topological polar surface area (TPSA) is 65.2 Å². The van der Waals surface area contributed by atoms with E-state index < -0.39 is 17.8 Å². The van der Waals surface area contributed by atoms with Gasteiger partial charge in [0.05, 0.1) is 22.7 Å².